The summed E-state index contributed by atoms with van der Waals surface area (Å²) in [5.74, 6) is 0. The largest absolute Gasteiger partial charge is 0.310 e. The molecule has 1 spiro atoms. The molecule has 0 saturated carbocycles. The van der Waals surface area contributed by atoms with Gasteiger partial charge in [0.2, 0.25) is 0 Å². The van der Waals surface area contributed by atoms with E-state index in [9.17, 15) is 0 Å². The summed E-state index contributed by atoms with van der Waals surface area (Å²) in [7, 11) is 0. The van der Waals surface area contributed by atoms with E-state index in [4.69, 9.17) is 0 Å². The van der Waals surface area contributed by atoms with Crippen molar-refractivity contribution in [3.8, 4) is 39.1 Å². The Hall–Kier alpha value is -6.64. The number of aromatic nitrogens is 1. The molecule has 236 valence electrons. The van der Waals surface area contributed by atoms with Crippen LogP contribution in [-0.2, 0) is 5.41 Å². The van der Waals surface area contributed by atoms with Crippen LogP contribution in [0.15, 0.2) is 182 Å². The molecule has 51 heavy (non-hydrogen) atoms. The van der Waals surface area contributed by atoms with Crippen molar-refractivity contribution >= 4 is 38.9 Å². The van der Waals surface area contributed by atoms with Gasteiger partial charge in [-0.15, -0.1) is 0 Å². The summed E-state index contributed by atoms with van der Waals surface area (Å²) in [5, 5.41) is 2.49. The van der Waals surface area contributed by atoms with Gasteiger partial charge in [-0.05, 0) is 116 Å². The van der Waals surface area contributed by atoms with Gasteiger partial charge in [0.15, 0.2) is 0 Å². The number of nitrogens with zero attached hydrogens (tertiary/aromatic N) is 2. The van der Waals surface area contributed by atoms with Gasteiger partial charge < -0.3 is 9.47 Å². The Labute approximate surface area is 296 Å². The van der Waals surface area contributed by atoms with Crippen molar-refractivity contribution < 1.29 is 0 Å². The van der Waals surface area contributed by atoms with Gasteiger partial charge in [0.25, 0.3) is 0 Å². The van der Waals surface area contributed by atoms with Crippen LogP contribution < -0.4 is 4.90 Å². The van der Waals surface area contributed by atoms with Crippen LogP contribution in [0, 0.1) is 0 Å². The van der Waals surface area contributed by atoms with Crippen LogP contribution in [0.5, 0.6) is 0 Å². The summed E-state index contributed by atoms with van der Waals surface area (Å²) in [6.45, 7) is 0. The second kappa shape index (κ2) is 9.74. The first-order valence-electron chi connectivity index (χ1n) is 17.8. The van der Waals surface area contributed by atoms with Crippen molar-refractivity contribution in [1.82, 2.24) is 4.57 Å². The smallest absolute Gasteiger partial charge is 0.0737 e. The van der Waals surface area contributed by atoms with E-state index in [1.165, 1.54) is 83.1 Å². The third-order valence-electron chi connectivity index (χ3n) is 11.7. The Kier molecular flexibility index (Phi) is 5.20. The van der Waals surface area contributed by atoms with Crippen LogP contribution >= 0.6 is 0 Å². The van der Waals surface area contributed by atoms with Crippen LogP contribution in [0.2, 0.25) is 0 Å². The van der Waals surface area contributed by atoms with E-state index in [-0.39, 0.29) is 5.41 Å². The summed E-state index contributed by atoms with van der Waals surface area (Å²) >= 11 is 0. The molecular formula is C49H30N2. The van der Waals surface area contributed by atoms with Crippen LogP contribution in [-0.4, -0.2) is 4.57 Å². The molecule has 1 aromatic heterocycles. The van der Waals surface area contributed by atoms with Crippen molar-refractivity contribution in [3.05, 3.63) is 204 Å². The van der Waals surface area contributed by atoms with Crippen molar-refractivity contribution in [2.75, 3.05) is 4.90 Å². The van der Waals surface area contributed by atoms with Gasteiger partial charge in [-0.3, -0.25) is 0 Å². The first-order chi connectivity index (χ1) is 25.3. The van der Waals surface area contributed by atoms with Crippen molar-refractivity contribution in [3.63, 3.8) is 0 Å². The molecule has 1 atom stereocenters. The molecule has 0 fully saturated rings. The highest BCUT2D eigenvalue weighted by atomic mass is 15.1. The third-order valence-corrected chi connectivity index (χ3v) is 11.7. The number of hydrogen-bond donors (Lipinski definition) is 0. The Morgan fingerprint density at radius 1 is 0.353 bits per heavy atom. The van der Waals surface area contributed by atoms with E-state index in [0.29, 0.717) is 0 Å². The average Bonchev–Trinajstić information content (AvgIpc) is 3.89. The number of hydrogen-bond acceptors (Lipinski definition) is 1. The van der Waals surface area contributed by atoms with Crippen molar-refractivity contribution in [1.29, 1.82) is 0 Å². The molecule has 1 unspecified atom stereocenters. The predicted molar refractivity (Wildman–Crippen MR) is 211 cm³/mol. The number of rotatable bonds is 4. The van der Waals surface area contributed by atoms with Gasteiger partial charge in [-0.2, -0.15) is 0 Å². The van der Waals surface area contributed by atoms with Gasteiger partial charge >= 0.3 is 0 Å². The van der Waals surface area contributed by atoms with Gasteiger partial charge in [-0.1, -0.05) is 121 Å². The summed E-state index contributed by atoms with van der Waals surface area (Å²) in [6.07, 6.45) is 0. The highest BCUT2D eigenvalue weighted by Crippen LogP contribution is 2.70. The van der Waals surface area contributed by atoms with Crippen molar-refractivity contribution in [2.24, 2.45) is 0 Å². The lowest BCUT2D eigenvalue weighted by Crippen LogP contribution is -2.23. The van der Waals surface area contributed by atoms with Crippen molar-refractivity contribution in [2.45, 2.75) is 5.41 Å². The quantitative estimate of drug-likeness (QED) is 0.185. The van der Waals surface area contributed by atoms with Crippen LogP contribution in [0.1, 0.15) is 22.3 Å². The SMILES string of the molecule is c1ccc(N(c2ccc3c(c2)-c2cccc4c2C32c3ccccc3-c3cccc-4c32)c2ccc3c(c2)c2ccccc2n3-c2ccccc2)cc1. The second-order valence-electron chi connectivity index (χ2n) is 14.0. The molecule has 8 aromatic carbocycles. The summed E-state index contributed by atoms with van der Waals surface area (Å²) in [6, 6.07) is 67.4. The number of benzene rings is 8. The summed E-state index contributed by atoms with van der Waals surface area (Å²) < 4.78 is 2.38. The lowest BCUT2D eigenvalue weighted by Gasteiger charge is -2.29. The molecule has 9 aromatic rings. The lowest BCUT2D eigenvalue weighted by molar-refractivity contribution is 0.818. The molecule has 3 aliphatic rings. The monoisotopic (exact) mass is 646 g/mol. The molecular weight excluding hydrogens is 617 g/mol. The van der Waals surface area contributed by atoms with E-state index in [0.717, 1.165) is 17.1 Å². The molecule has 3 aliphatic carbocycles. The summed E-state index contributed by atoms with van der Waals surface area (Å²) in [5.41, 5.74) is 20.6. The first-order valence-corrected chi connectivity index (χ1v) is 17.8. The fourth-order valence-corrected chi connectivity index (χ4v) is 9.86. The molecule has 0 aliphatic heterocycles. The van der Waals surface area contributed by atoms with Gasteiger partial charge in [0, 0.05) is 33.5 Å². The van der Waals surface area contributed by atoms with E-state index >= 15 is 0 Å². The zero-order chi connectivity index (χ0) is 33.3. The highest BCUT2D eigenvalue weighted by molar-refractivity contribution is 6.11. The van der Waals surface area contributed by atoms with Crippen LogP contribution in [0.25, 0.3) is 60.9 Å². The molecule has 1 heterocycles. The molecule has 12 rings (SSSR count). The number of fused-ring (bicyclic) bond motifs is 8. The Morgan fingerprint density at radius 2 is 0.902 bits per heavy atom. The molecule has 0 N–H and O–H groups in total. The zero-order valence-corrected chi connectivity index (χ0v) is 27.7. The van der Waals surface area contributed by atoms with Gasteiger partial charge in [0.1, 0.15) is 0 Å². The second-order valence-corrected chi connectivity index (χ2v) is 14.0. The maximum absolute atomic E-state index is 2.45. The number of para-hydroxylation sites is 3. The maximum Gasteiger partial charge on any atom is 0.0737 e. The van der Waals surface area contributed by atoms with Gasteiger partial charge in [0.05, 0.1) is 16.4 Å². The minimum atomic E-state index is -0.280. The topological polar surface area (TPSA) is 8.17 Å². The minimum absolute atomic E-state index is 0.280. The Morgan fingerprint density at radius 3 is 1.69 bits per heavy atom. The number of anilines is 3. The lowest BCUT2D eigenvalue weighted by atomic mass is 9.73. The highest BCUT2D eigenvalue weighted by Gasteiger charge is 2.57. The fraction of sp³-hybridized carbons (Fsp3) is 0.0204. The maximum atomic E-state index is 2.45. The minimum Gasteiger partial charge on any atom is -0.310 e. The standard InChI is InChI=1S/C49H30N2/c1-3-13-31(14-4-1)50(34-26-28-46-42(30-34)36-18-8-10-24-45(36)51(46)32-15-5-2-6-16-32)33-25-27-44-41(29-33)40-22-12-21-39-38-20-11-19-37-35-17-7-9-23-43(35)49(44,47(37)38)48(39)40/h1-30H. The molecule has 0 radical (unpaired) electrons. The van der Waals surface area contributed by atoms with E-state index in [2.05, 4.69) is 191 Å². The normalized spacial score (nSPS) is 15.5. The first kappa shape index (κ1) is 27.2. The van der Waals surface area contributed by atoms with E-state index in [1.807, 2.05) is 0 Å². The van der Waals surface area contributed by atoms with E-state index < -0.39 is 0 Å². The van der Waals surface area contributed by atoms with Gasteiger partial charge in [-0.25, -0.2) is 0 Å². The molecule has 0 saturated heterocycles. The predicted octanol–water partition coefficient (Wildman–Crippen LogP) is 12.6. The fourth-order valence-electron chi connectivity index (χ4n) is 9.86. The Balaban J connectivity index is 1.10. The molecule has 2 heteroatoms. The Bertz CT molecular complexity index is 2900. The third kappa shape index (κ3) is 3.32. The zero-order valence-electron chi connectivity index (χ0n) is 27.7. The molecule has 2 nitrogen and oxygen atoms in total. The van der Waals surface area contributed by atoms with E-state index in [1.54, 1.807) is 0 Å². The molecule has 0 bridgehead atoms. The van der Waals surface area contributed by atoms with Crippen LogP contribution in [0.3, 0.4) is 0 Å². The molecule has 0 amide bonds. The summed E-state index contributed by atoms with van der Waals surface area (Å²) in [4.78, 5) is 2.43. The average molecular weight is 647 g/mol. The van der Waals surface area contributed by atoms with Crippen LogP contribution in [0.4, 0.5) is 17.1 Å².